The van der Waals surface area contributed by atoms with Crippen LogP contribution in [0.1, 0.15) is 0 Å². The smallest absolute Gasteiger partial charge is 0.141 e. The SMILES string of the molecule is CN1CCNC(CNc2ccc(F)c(Cl)c2)C1. The molecule has 1 atom stereocenters. The molecule has 1 fully saturated rings. The van der Waals surface area contributed by atoms with E-state index in [1.807, 2.05) is 0 Å². The first-order valence-electron chi connectivity index (χ1n) is 5.76. The number of likely N-dealkylation sites (N-methyl/N-ethyl adjacent to an activating group) is 1. The monoisotopic (exact) mass is 257 g/mol. The molecule has 1 aliphatic rings. The molecule has 5 heteroatoms. The average molecular weight is 258 g/mol. The molecule has 2 rings (SSSR count). The molecule has 1 saturated heterocycles. The van der Waals surface area contributed by atoms with Gasteiger partial charge in [-0.15, -0.1) is 0 Å². The van der Waals surface area contributed by atoms with Crippen molar-refractivity contribution in [1.29, 1.82) is 0 Å². The topological polar surface area (TPSA) is 27.3 Å². The van der Waals surface area contributed by atoms with Gasteiger partial charge in [-0.2, -0.15) is 0 Å². The van der Waals surface area contributed by atoms with Crippen LogP contribution in [0.2, 0.25) is 5.02 Å². The zero-order chi connectivity index (χ0) is 12.3. The third-order valence-electron chi connectivity index (χ3n) is 2.93. The maximum atomic E-state index is 13.0. The van der Waals surface area contributed by atoms with E-state index in [1.54, 1.807) is 12.1 Å². The molecule has 0 aromatic heterocycles. The number of nitrogens with zero attached hydrogens (tertiary/aromatic N) is 1. The number of hydrogen-bond donors (Lipinski definition) is 2. The summed E-state index contributed by atoms with van der Waals surface area (Å²) in [5.41, 5.74) is 0.853. The van der Waals surface area contributed by atoms with Gasteiger partial charge in [0, 0.05) is 37.9 Å². The zero-order valence-corrected chi connectivity index (χ0v) is 10.6. The van der Waals surface area contributed by atoms with Gasteiger partial charge in [-0.25, -0.2) is 4.39 Å². The number of rotatable bonds is 3. The van der Waals surface area contributed by atoms with Crippen molar-refractivity contribution in [2.45, 2.75) is 6.04 Å². The Morgan fingerprint density at radius 3 is 3.12 bits per heavy atom. The Labute approximate surface area is 106 Å². The van der Waals surface area contributed by atoms with E-state index in [2.05, 4.69) is 22.6 Å². The summed E-state index contributed by atoms with van der Waals surface area (Å²) in [4.78, 5) is 2.29. The average Bonchev–Trinajstić information content (AvgIpc) is 2.31. The first kappa shape index (κ1) is 12.6. The maximum absolute atomic E-state index is 13.0. The molecule has 1 aliphatic heterocycles. The van der Waals surface area contributed by atoms with Gasteiger partial charge in [-0.1, -0.05) is 11.6 Å². The van der Waals surface area contributed by atoms with Crippen molar-refractivity contribution < 1.29 is 4.39 Å². The van der Waals surface area contributed by atoms with Crippen molar-refractivity contribution in [3.05, 3.63) is 29.0 Å². The lowest BCUT2D eigenvalue weighted by Gasteiger charge is -2.31. The van der Waals surface area contributed by atoms with Crippen LogP contribution in [-0.4, -0.2) is 44.2 Å². The van der Waals surface area contributed by atoms with E-state index in [0.717, 1.165) is 31.9 Å². The molecular formula is C12H17ClFN3. The van der Waals surface area contributed by atoms with Crippen molar-refractivity contribution >= 4 is 17.3 Å². The highest BCUT2D eigenvalue weighted by molar-refractivity contribution is 6.31. The van der Waals surface area contributed by atoms with Crippen molar-refractivity contribution in [2.24, 2.45) is 0 Å². The predicted octanol–water partition coefficient (Wildman–Crippen LogP) is 1.79. The molecule has 2 N–H and O–H groups in total. The van der Waals surface area contributed by atoms with E-state index < -0.39 is 0 Å². The van der Waals surface area contributed by atoms with Gasteiger partial charge in [0.2, 0.25) is 0 Å². The number of nitrogens with one attached hydrogen (secondary N) is 2. The molecule has 94 valence electrons. The lowest BCUT2D eigenvalue weighted by Crippen LogP contribution is -2.51. The van der Waals surface area contributed by atoms with Crippen LogP contribution in [-0.2, 0) is 0 Å². The second-order valence-electron chi connectivity index (χ2n) is 4.42. The van der Waals surface area contributed by atoms with Crippen LogP contribution in [0.3, 0.4) is 0 Å². The summed E-state index contributed by atoms with van der Waals surface area (Å²) >= 11 is 5.72. The molecule has 0 aliphatic carbocycles. The maximum Gasteiger partial charge on any atom is 0.141 e. The molecule has 17 heavy (non-hydrogen) atoms. The summed E-state index contributed by atoms with van der Waals surface area (Å²) in [6.45, 7) is 3.92. The normalized spacial score (nSPS) is 21.5. The standard InChI is InChI=1S/C12H17ClFN3/c1-17-5-4-15-10(8-17)7-16-9-2-3-12(14)11(13)6-9/h2-3,6,10,15-16H,4-5,7-8H2,1H3. The van der Waals surface area contributed by atoms with E-state index in [-0.39, 0.29) is 10.8 Å². The summed E-state index contributed by atoms with van der Waals surface area (Å²) in [6.07, 6.45) is 0. The highest BCUT2D eigenvalue weighted by Gasteiger charge is 2.15. The van der Waals surface area contributed by atoms with Crippen LogP contribution in [0.5, 0.6) is 0 Å². The molecular weight excluding hydrogens is 241 g/mol. The first-order chi connectivity index (χ1) is 8.15. The molecule has 1 aromatic rings. The molecule has 1 aromatic carbocycles. The summed E-state index contributed by atoms with van der Waals surface area (Å²) in [5, 5.41) is 6.85. The minimum Gasteiger partial charge on any atom is -0.383 e. The molecule has 0 radical (unpaired) electrons. The van der Waals surface area contributed by atoms with Gasteiger partial charge in [0.1, 0.15) is 5.82 Å². The first-order valence-corrected chi connectivity index (χ1v) is 6.14. The molecule has 0 saturated carbocycles. The summed E-state index contributed by atoms with van der Waals surface area (Å²) in [7, 11) is 2.11. The molecule has 0 bridgehead atoms. The van der Waals surface area contributed by atoms with Gasteiger partial charge in [0.15, 0.2) is 0 Å². The molecule has 1 heterocycles. The van der Waals surface area contributed by atoms with Crippen LogP contribution in [0.15, 0.2) is 18.2 Å². The summed E-state index contributed by atoms with van der Waals surface area (Å²) < 4.78 is 13.0. The second-order valence-corrected chi connectivity index (χ2v) is 4.83. The lowest BCUT2D eigenvalue weighted by molar-refractivity contribution is 0.244. The van der Waals surface area contributed by atoms with Crippen molar-refractivity contribution in [1.82, 2.24) is 10.2 Å². The van der Waals surface area contributed by atoms with Crippen molar-refractivity contribution in [3.8, 4) is 0 Å². The quantitative estimate of drug-likeness (QED) is 0.865. The third-order valence-corrected chi connectivity index (χ3v) is 3.22. The Morgan fingerprint density at radius 1 is 1.59 bits per heavy atom. The Morgan fingerprint density at radius 2 is 2.41 bits per heavy atom. The van der Waals surface area contributed by atoms with Gasteiger partial charge >= 0.3 is 0 Å². The van der Waals surface area contributed by atoms with E-state index in [0.29, 0.717) is 6.04 Å². The predicted molar refractivity (Wildman–Crippen MR) is 69.2 cm³/mol. The van der Waals surface area contributed by atoms with Gasteiger partial charge in [0.25, 0.3) is 0 Å². The minimum atomic E-state index is -0.382. The van der Waals surface area contributed by atoms with Gasteiger partial charge in [-0.05, 0) is 25.2 Å². The highest BCUT2D eigenvalue weighted by atomic mass is 35.5. The minimum absolute atomic E-state index is 0.156. The Kier molecular flexibility index (Phi) is 4.20. The zero-order valence-electron chi connectivity index (χ0n) is 9.84. The van der Waals surface area contributed by atoms with E-state index in [1.165, 1.54) is 6.07 Å². The summed E-state index contributed by atoms with van der Waals surface area (Å²) in [6, 6.07) is 5.11. The molecule has 0 amide bonds. The molecule has 0 spiro atoms. The van der Waals surface area contributed by atoms with Crippen LogP contribution < -0.4 is 10.6 Å². The van der Waals surface area contributed by atoms with Gasteiger partial charge < -0.3 is 15.5 Å². The number of hydrogen-bond acceptors (Lipinski definition) is 3. The fourth-order valence-electron chi connectivity index (χ4n) is 1.98. The van der Waals surface area contributed by atoms with E-state index in [9.17, 15) is 4.39 Å². The van der Waals surface area contributed by atoms with Crippen LogP contribution in [0.4, 0.5) is 10.1 Å². The Bertz CT molecular complexity index is 386. The van der Waals surface area contributed by atoms with E-state index in [4.69, 9.17) is 11.6 Å². The van der Waals surface area contributed by atoms with Gasteiger partial charge in [0.05, 0.1) is 5.02 Å². The van der Waals surface area contributed by atoms with Crippen molar-refractivity contribution in [3.63, 3.8) is 0 Å². The Balaban J connectivity index is 1.86. The lowest BCUT2D eigenvalue weighted by atomic mass is 10.2. The molecule has 1 unspecified atom stereocenters. The third kappa shape index (κ3) is 3.56. The highest BCUT2D eigenvalue weighted by Crippen LogP contribution is 2.19. The molecule has 3 nitrogen and oxygen atoms in total. The fourth-order valence-corrected chi connectivity index (χ4v) is 2.16. The number of benzene rings is 1. The fraction of sp³-hybridized carbons (Fsp3) is 0.500. The largest absolute Gasteiger partial charge is 0.383 e. The Hall–Kier alpha value is -0.840. The number of anilines is 1. The second kappa shape index (κ2) is 5.67. The number of halogens is 2. The van der Waals surface area contributed by atoms with Gasteiger partial charge in [-0.3, -0.25) is 0 Å². The van der Waals surface area contributed by atoms with Crippen LogP contribution in [0, 0.1) is 5.82 Å². The van der Waals surface area contributed by atoms with Crippen LogP contribution >= 0.6 is 11.6 Å². The van der Waals surface area contributed by atoms with E-state index >= 15 is 0 Å². The van der Waals surface area contributed by atoms with Crippen molar-refractivity contribution in [2.75, 3.05) is 38.5 Å². The number of piperazine rings is 1. The summed E-state index contributed by atoms with van der Waals surface area (Å²) in [5.74, 6) is -0.382. The van der Waals surface area contributed by atoms with Crippen LogP contribution in [0.25, 0.3) is 0 Å².